The van der Waals surface area contributed by atoms with Crippen LogP contribution in [0.3, 0.4) is 0 Å². The molecule has 0 aromatic rings. The van der Waals surface area contributed by atoms with E-state index in [-0.39, 0.29) is 19.4 Å². The lowest BCUT2D eigenvalue weighted by Crippen LogP contribution is -2.39. The van der Waals surface area contributed by atoms with E-state index in [9.17, 15) is 0 Å². The molecule has 2 nitrogen and oxygen atoms in total. The summed E-state index contributed by atoms with van der Waals surface area (Å²) in [6, 6.07) is 0. The Kier molecular flexibility index (Phi) is 12.1. The Hall–Kier alpha value is 0.354. The second-order valence-electron chi connectivity index (χ2n) is 8.45. The van der Waals surface area contributed by atoms with E-state index in [1.54, 1.807) is 5.67 Å². The molecule has 0 saturated heterocycles. The Labute approximate surface area is 139 Å². The van der Waals surface area contributed by atoms with Gasteiger partial charge < -0.3 is 9.13 Å². The lowest BCUT2D eigenvalue weighted by Gasteiger charge is -2.29. The van der Waals surface area contributed by atoms with Gasteiger partial charge in [-0.15, -0.1) is 0 Å². The molecule has 0 aliphatic heterocycles. The average molecular weight is 331 g/mol. The van der Waals surface area contributed by atoms with Crippen molar-refractivity contribution < 1.29 is 0 Å². The first-order chi connectivity index (χ1) is 9.70. The van der Waals surface area contributed by atoms with Gasteiger partial charge in [0.1, 0.15) is 0 Å². The molecule has 0 heterocycles. The van der Waals surface area contributed by atoms with Crippen molar-refractivity contribution in [2.75, 3.05) is 26.2 Å². The average Bonchev–Trinajstić information content (AvgIpc) is 2.24. The van der Waals surface area contributed by atoms with E-state index in [1.807, 2.05) is 0 Å². The molecule has 21 heavy (non-hydrogen) atoms. The van der Waals surface area contributed by atoms with Gasteiger partial charge in [0, 0.05) is 0 Å². The second-order valence-corrected chi connectivity index (χ2v) is 14.0. The van der Waals surface area contributed by atoms with Crippen LogP contribution in [0.4, 0.5) is 0 Å². The van der Waals surface area contributed by atoms with Crippen molar-refractivity contribution in [1.29, 1.82) is 0 Å². The molecule has 128 valence electrons. The van der Waals surface area contributed by atoms with E-state index in [0.29, 0.717) is 0 Å². The van der Waals surface area contributed by atoms with Gasteiger partial charge in [-0.25, -0.2) is 0 Å². The lowest BCUT2D eigenvalue weighted by molar-refractivity contribution is 0.339. The van der Waals surface area contributed by atoms with Gasteiger partial charge in [-0.1, -0.05) is 55.4 Å². The molecule has 0 aliphatic carbocycles. The smallest absolute Gasteiger partial charge is 0.0932 e. The molecule has 0 atom stereocenters. The van der Waals surface area contributed by atoms with Crippen molar-refractivity contribution >= 4 is 19.4 Å². The highest BCUT2D eigenvalue weighted by molar-refractivity contribution is 6.52. The summed E-state index contributed by atoms with van der Waals surface area (Å²) in [6.45, 7) is 24.2. The predicted octanol–water partition coefficient (Wildman–Crippen LogP) is 2.76. The Balaban J connectivity index is 4.21. The maximum Gasteiger partial charge on any atom is 0.0932 e. The van der Waals surface area contributed by atoms with Gasteiger partial charge in [0.05, 0.1) is 19.4 Å². The third kappa shape index (κ3) is 13.7. The molecular weight excluding hydrogens is 288 g/mol. The van der Waals surface area contributed by atoms with E-state index in [1.165, 1.54) is 26.2 Å². The van der Waals surface area contributed by atoms with Gasteiger partial charge in [0.25, 0.3) is 0 Å². The van der Waals surface area contributed by atoms with Crippen LogP contribution in [0, 0.1) is 23.7 Å². The van der Waals surface area contributed by atoms with E-state index in [2.05, 4.69) is 64.5 Å². The molecule has 0 spiro atoms. The van der Waals surface area contributed by atoms with Gasteiger partial charge in [0.2, 0.25) is 0 Å². The zero-order chi connectivity index (χ0) is 16.4. The third-order valence-electron chi connectivity index (χ3n) is 3.44. The fourth-order valence-electron chi connectivity index (χ4n) is 3.10. The molecule has 0 aromatic heterocycles. The van der Waals surface area contributed by atoms with Crippen LogP contribution >= 0.6 is 0 Å². The van der Waals surface area contributed by atoms with E-state index < -0.39 is 0 Å². The summed E-state index contributed by atoms with van der Waals surface area (Å²) in [4.78, 5) is 0. The van der Waals surface area contributed by atoms with E-state index in [4.69, 9.17) is 0 Å². The Bertz CT molecular complexity index is 199. The van der Waals surface area contributed by atoms with Gasteiger partial charge in [-0.3, -0.25) is 0 Å². The summed E-state index contributed by atoms with van der Waals surface area (Å²) in [5, 5.41) is 0. The normalized spacial score (nSPS) is 14.0. The number of hydrogen-bond acceptors (Lipinski definition) is 2. The van der Waals surface area contributed by atoms with Crippen molar-refractivity contribution in [3.63, 3.8) is 0 Å². The summed E-state index contributed by atoms with van der Waals surface area (Å²) in [7, 11) is -0.0350. The summed E-state index contributed by atoms with van der Waals surface area (Å²) < 4.78 is 5.68. The van der Waals surface area contributed by atoms with Crippen LogP contribution in [0.25, 0.3) is 0 Å². The van der Waals surface area contributed by atoms with Crippen LogP contribution in [-0.4, -0.2) is 54.7 Å². The molecule has 0 N–H and O–H groups in total. The van der Waals surface area contributed by atoms with Crippen LogP contribution < -0.4 is 0 Å². The Morgan fingerprint density at radius 2 is 0.762 bits per heavy atom. The third-order valence-corrected chi connectivity index (χ3v) is 8.27. The monoisotopic (exact) mass is 330 g/mol. The molecular formula is C17H42N2Si2. The predicted molar refractivity (Wildman–Crippen MR) is 104 cm³/mol. The van der Waals surface area contributed by atoms with Crippen molar-refractivity contribution in [3.8, 4) is 0 Å². The molecule has 0 fully saturated rings. The molecule has 0 radical (unpaired) electrons. The van der Waals surface area contributed by atoms with Gasteiger partial charge in [0.15, 0.2) is 0 Å². The summed E-state index contributed by atoms with van der Waals surface area (Å²) in [5.74, 6) is 3.28. The largest absolute Gasteiger partial charge is 0.329 e. The van der Waals surface area contributed by atoms with Crippen LogP contribution in [0.1, 0.15) is 55.4 Å². The van der Waals surface area contributed by atoms with Crippen molar-refractivity contribution in [2.45, 2.75) is 61.1 Å². The van der Waals surface area contributed by atoms with Gasteiger partial charge in [-0.2, -0.15) is 0 Å². The van der Waals surface area contributed by atoms with Crippen LogP contribution in [0.2, 0.25) is 5.67 Å². The SMILES string of the molecule is CC(C)CN(CC(C)C)[SiH2]C[SiH2]N(CC(C)C)CC(C)C. The molecule has 0 bridgehead atoms. The molecule has 4 heteroatoms. The molecule has 0 aromatic carbocycles. The first-order valence-corrected chi connectivity index (χ1v) is 12.4. The maximum atomic E-state index is 2.84. The lowest BCUT2D eigenvalue weighted by atomic mass is 10.2. The Morgan fingerprint density at radius 3 is 0.952 bits per heavy atom. The van der Waals surface area contributed by atoms with Gasteiger partial charge >= 0.3 is 0 Å². The minimum absolute atomic E-state index is 0.0175. The quantitative estimate of drug-likeness (QED) is 0.508. The van der Waals surface area contributed by atoms with E-state index in [0.717, 1.165) is 23.7 Å². The fraction of sp³-hybridized carbons (Fsp3) is 1.00. The van der Waals surface area contributed by atoms with Crippen molar-refractivity contribution in [1.82, 2.24) is 9.13 Å². The fourth-order valence-corrected chi connectivity index (χ4v) is 10.0. The van der Waals surface area contributed by atoms with Crippen LogP contribution in [0.5, 0.6) is 0 Å². The molecule has 0 rings (SSSR count). The van der Waals surface area contributed by atoms with Crippen molar-refractivity contribution in [3.05, 3.63) is 0 Å². The number of nitrogens with zero attached hydrogens (tertiary/aromatic N) is 2. The first kappa shape index (κ1) is 21.4. The van der Waals surface area contributed by atoms with Crippen LogP contribution in [-0.2, 0) is 0 Å². The summed E-state index contributed by atoms with van der Waals surface area (Å²) in [5.41, 5.74) is 1.58. The zero-order valence-electron chi connectivity index (χ0n) is 16.2. The minimum Gasteiger partial charge on any atom is -0.329 e. The minimum atomic E-state index is -0.0175. The topological polar surface area (TPSA) is 6.48 Å². The van der Waals surface area contributed by atoms with E-state index >= 15 is 0 Å². The van der Waals surface area contributed by atoms with Crippen molar-refractivity contribution in [2.24, 2.45) is 23.7 Å². The number of hydrogen-bond donors (Lipinski definition) is 0. The highest BCUT2D eigenvalue weighted by Crippen LogP contribution is 2.06. The highest BCUT2D eigenvalue weighted by atomic mass is 28.3. The maximum absolute atomic E-state index is 2.84. The van der Waals surface area contributed by atoms with Gasteiger partial charge in [-0.05, 0) is 55.5 Å². The van der Waals surface area contributed by atoms with Crippen LogP contribution in [0.15, 0.2) is 0 Å². The summed E-state index contributed by atoms with van der Waals surface area (Å²) in [6.07, 6.45) is 0. The first-order valence-electron chi connectivity index (χ1n) is 9.15. The zero-order valence-corrected chi connectivity index (χ0v) is 19.0. The second kappa shape index (κ2) is 11.9. The number of rotatable bonds is 12. The molecule has 0 saturated carbocycles. The standard InChI is InChI=1S/C17H42N2Si2/c1-14(2)9-18(10-15(3)4)20-13-21-19(11-16(5)6)12-17(7)8/h14-17H,9-13,20-21H2,1-8H3. The molecule has 0 aliphatic rings. The molecule has 0 unspecified atom stereocenters. The Morgan fingerprint density at radius 1 is 0.524 bits per heavy atom. The highest BCUT2D eigenvalue weighted by Gasteiger charge is 2.13. The molecule has 0 amide bonds. The summed E-state index contributed by atoms with van der Waals surface area (Å²) >= 11 is 0.